The number of pyridine rings is 1. The van der Waals surface area contributed by atoms with Crippen molar-refractivity contribution in [3.63, 3.8) is 0 Å². The Morgan fingerprint density at radius 3 is 2.66 bits per heavy atom. The maximum Gasteiger partial charge on any atom is 0.230 e. The second-order valence-corrected chi connectivity index (χ2v) is 7.90. The number of hydrogen-bond donors (Lipinski definition) is 0. The zero-order valence-electron chi connectivity index (χ0n) is 15.7. The summed E-state index contributed by atoms with van der Waals surface area (Å²) < 4.78 is 5.84. The highest BCUT2D eigenvalue weighted by molar-refractivity contribution is 6.42. The van der Waals surface area contributed by atoms with Crippen molar-refractivity contribution in [1.29, 1.82) is 0 Å². The molecular weight excluding hydrogens is 407 g/mol. The summed E-state index contributed by atoms with van der Waals surface area (Å²) in [6.45, 7) is 1.21. The normalized spacial score (nSPS) is 15.3. The number of hydrogen-bond acceptors (Lipinski definition) is 3. The Morgan fingerprint density at radius 1 is 1.03 bits per heavy atom. The fraction of sp³-hybridized carbons (Fsp3) is 0.217. The first-order valence-electron chi connectivity index (χ1n) is 9.43. The molecule has 29 heavy (non-hydrogen) atoms. The minimum Gasteiger partial charge on any atom is -0.492 e. The van der Waals surface area contributed by atoms with Gasteiger partial charge in [0.1, 0.15) is 12.4 Å². The van der Waals surface area contributed by atoms with Crippen molar-refractivity contribution in [2.75, 3.05) is 6.61 Å². The van der Waals surface area contributed by atoms with E-state index in [0.717, 1.165) is 22.6 Å². The number of carbonyl (C=O) groups is 1. The second-order valence-electron chi connectivity index (χ2n) is 7.08. The molecule has 1 atom stereocenters. The van der Waals surface area contributed by atoms with Crippen LogP contribution in [0.15, 0.2) is 66.9 Å². The maximum absolute atomic E-state index is 13.4. The molecule has 148 valence electrons. The molecule has 0 aliphatic carbocycles. The summed E-state index contributed by atoms with van der Waals surface area (Å²) in [6, 6.07) is 19.0. The van der Waals surface area contributed by atoms with Crippen molar-refractivity contribution >= 4 is 29.1 Å². The average molecular weight is 427 g/mol. The van der Waals surface area contributed by atoms with E-state index in [0.29, 0.717) is 36.2 Å². The molecule has 0 radical (unpaired) electrons. The van der Waals surface area contributed by atoms with Crippen LogP contribution >= 0.6 is 23.2 Å². The van der Waals surface area contributed by atoms with Crippen molar-refractivity contribution in [3.8, 4) is 5.75 Å². The highest BCUT2D eigenvalue weighted by Crippen LogP contribution is 2.29. The molecule has 0 saturated carbocycles. The Kier molecular flexibility index (Phi) is 6.02. The molecule has 2 aromatic carbocycles. The Bertz CT molecular complexity index is 1010. The van der Waals surface area contributed by atoms with Crippen LogP contribution in [-0.4, -0.2) is 22.4 Å². The molecule has 1 unspecified atom stereocenters. The van der Waals surface area contributed by atoms with Crippen LogP contribution in [0.1, 0.15) is 16.8 Å². The third-order valence-corrected chi connectivity index (χ3v) is 5.72. The van der Waals surface area contributed by atoms with Crippen LogP contribution < -0.4 is 4.74 Å². The van der Waals surface area contributed by atoms with Gasteiger partial charge in [-0.1, -0.05) is 53.5 Å². The van der Waals surface area contributed by atoms with Crippen LogP contribution in [-0.2, 0) is 24.3 Å². The number of halogens is 2. The van der Waals surface area contributed by atoms with Gasteiger partial charge in [-0.05, 0) is 47.9 Å². The molecule has 0 spiro atoms. The van der Waals surface area contributed by atoms with Gasteiger partial charge in [-0.3, -0.25) is 9.78 Å². The molecule has 6 heteroatoms. The smallest absolute Gasteiger partial charge is 0.230 e. The van der Waals surface area contributed by atoms with Crippen molar-refractivity contribution in [2.45, 2.75) is 19.5 Å². The Morgan fingerprint density at radius 2 is 1.86 bits per heavy atom. The van der Waals surface area contributed by atoms with Gasteiger partial charge in [-0.15, -0.1) is 0 Å². The second kappa shape index (κ2) is 8.85. The van der Waals surface area contributed by atoms with E-state index in [1.807, 2.05) is 53.4 Å². The van der Waals surface area contributed by atoms with Gasteiger partial charge in [0.25, 0.3) is 0 Å². The summed E-state index contributed by atoms with van der Waals surface area (Å²) in [5, 5.41) is 0.972. The molecule has 0 fully saturated rings. The third kappa shape index (κ3) is 4.72. The average Bonchev–Trinajstić information content (AvgIpc) is 2.75. The van der Waals surface area contributed by atoms with E-state index in [2.05, 4.69) is 4.98 Å². The zero-order valence-corrected chi connectivity index (χ0v) is 17.2. The number of aromatic nitrogens is 1. The molecular formula is C23H20Cl2N2O2. The molecule has 0 N–H and O–H groups in total. The summed E-state index contributed by atoms with van der Waals surface area (Å²) in [5.74, 6) is 0.657. The molecule has 1 aromatic heterocycles. The molecule has 4 rings (SSSR count). The van der Waals surface area contributed by atoms with Gasteiger partial charge in [-0.25, -0.2) is 0 Å². The predicted octanol–water partition coefficient (Wildman–Crippen LogP) is 5.17. The van der Waals surface area contributed by atoms with E-state index in [1.54, 1.807) is 18.3 Å². The van der Waals surface area contributed by atoms with E-state index >= 15 is 0 Å². The van der Waals surface area contributed by atoms with Crippen LogP contribution in [0.5, 0.6) is 5.75 Å². The Hall–Kier alpha value is -2.56. The monoisotopic (exact) mass is 426 g/mol. The lowest BCUT2D eigenvalue weighted by Gasteiger charge is -2.30. The quantitative estimate of drug-likeness (QED) is 0.564. The van der Waals surface area contributed by atoms with Crippen LogP contribution in [0.25, 0.3) is 0 Å². The van der Waals surface area contributed by atoms with Crippen molar-refractivity contribution < 1.29 is 9.53 Å². The van der Waals surface area contributed by atoms with E-state index in [9.17, 15) is 4.79 Å². The number of ether oxygens (including phenoxy) is 1. The third-order valence-electron chi connectivity index (χ3n) is 4.98. The Balaban J connectivity index is 1.57. The first-order valence-corrected chi connectivity index (χ1v) is 10.2. The fourth-order valence-electron chi connectivity index (χ4n) is 3.50. The first kappa shape index (κ1) is 19.7. The van der Waals surface area contributed by atoms with Gasteiger partial charge in [0.2, 0.25) is 5.91 Å². The fourth-order valence-corrected chi connectivity index (χ4v) is 3.82. The van der Waals surface area contributed by atoms with E-state index in [-0.39, 0.29) is 11.8 Å². The summed E-state index contributed by atoms with van der Waals surface area (Å²) >= 11 is 12.2. The van der Waals surface area contributed by atoms with E-state index < -0.39 is 0 Å². The minimum atomic E-state index is -0.239. The molecule has 4 nitrogen and oxygen atoms in total. The van der Waals surface area contributed by atoms with Crippen LogP contribution in [0, 0.1) is 5.92 Å². The lowest BCUT2D eigenvalue weighted by molar-refractivity contribution is -0.138. The van der Waals surface area contributed by atoms with Crippen molar-refractivity contribution in [3.05, 3.63) is 93.7 Å². The van der Waals surface area contributed by atoms with Gasteiger partial charge in [-0.2, -0.15) is 0 Å². The summed E-state index contributed by atoms with van der Waals surface area (Å²) in [5.41, 5.74) is 2.81. The molecule has 1 aliphatic rings. The van der Waals surface area contributed by atoms with Crippen LogP contribution in [0.3, 0.4) is 0 Å². The summed E-state index contributed by atoms with van der Waals surface area (Å²) in [4.78, 5) is 19.6. The van der Waals surface area contributed by atoms with Gasteiger partial charge in [0, 0.05) is 12.7 Å². The standard InChI is InChI=1S/C23H20Cl2N2O2/c24-20-9-8-16(11-21(20)25)13-27(14-19-6-3-4-10-26-19)23(28)18-12-17-5-1-2-7-22(17)29-15-18/h1-11,18H,12-15H2. The van der Waals surface area contributed by atoms with Gasteiger partial charge in [0.05, 0.1) is 28.2 Å². The number of nitrogens with zero attached hydrogens (tertiary/aromatic N) is 2. The topological polar surface area (TPSA) is 42.4 Å². The minimum absolute atomic E-state index is 0.0382. The molecule has 0 saturated heterocycles. The number of fused-ring (bicyclic) bond motifs is 1. The summed E-state index contributed by atoms with van der Waals surface area (Å²) in [7, 11) is 0. The Labute approximate surface area is 180 Å². The molecule has 1 amide bonds. The molecule has 3 aromatic rings. The lowest BCUT2D eigenvalue weighted by Crippen LogP contribution is -2.40. The van der Waals surface area contributed by atoms with Crippen LogP contribution in [0.4, 0.5) is 0 Å². The van der Waals surface area contributed by atoms with Gasteiger partial charge < -0.3 is 9.64 Å². The molecule has 2 heterocycles. The number of amides is 1. The van der Waals surface area contributed by atoms with Gasteiger partial charge >= 0.3 is 0 Å². The highest BCUT2D eigenvalue weighted by Gasteiger charge is 2.30. The largest absolute Gasteiger partial charge is 0.492 e. The number of benzene rings is 2. The summed E-state index contributed by atoms with van der Waals surface area (Å²) in [6.07, 6.45) is 2.40. The molecule has 1 aliphatic heterocycles. The number of carbonyl (C=O) groups excluding carboxylic acids is 1. The van der Waals surface area contributed by atoms with Crippen LogP contribution in [0.2, 0.25) is 10.0 Å². The zero-order chi connectivity index (χ0) is 20.2. The van der Waals surface area contributed by atoms with Crippen molar-refractivity contribution in [1.82, 2.24) is 9.88 Å². The maximum atomic E-state index is 13.4. The van der Waals surface area contributed by atoms with Crippen molar-refractivity contribution in [2.24, 2.45) is 5.92 Å². The van der Waals surface area contributed by atoms with E-state index in [1.165, 1.54) is 0 Å². The predicted molar refractivity (Wildman–Crippen MR) is 114 cm³/mol. The molecule has 0 bridgehead atoms. The first-order chi connectivity index (χ1) is 14.1. The number of para-hydroxylation sites is 1. The van der Waals surface area contributed by atoms with Gasteiger partial charge in [0.15, 0.2) is 0 Å². The highest BCUT2D eigenvalue weighted by atomic mass is 35.5. The van der Waals surface area contributed by atoms with E-state index in [4.69, 9.17) is 27.9 Å². The SMILES string of the molecule is O=C(C1COc2ccccc2C1)N(Cc1ccc(Cl)c(Cl)c1)Cc1ccccn1. The lowest BCUT2D eigenvalue weighted by atomic mass is 9.95. The number of rotatable bonds is 5.